The van der Waals surface area contributed by atoms with E-state index in [4.69, 9.17) is 9.63 Å². The number of hydrogen-bond donors (Lipinski definition) is 1. The quantitative estimate of drug-likeness (QED) is 0.865. The minimum atomic E-state index is -0.816. The van der Waals surface area contributed by atoms with Crippen molar-refractivity contribution in [3.8, 4) is 0 Å². The highest BCUT2D eigenvalue weighted by atomic mass is 16.5. The lowest BCUT2D eigenvalue weighted by Crippen LogP contribution is -2.42. The van der Waals surface area contributed by atoms with Crippen LogP contribution < -0.4 is 0 Å². The van der Waals surface area contributed by atoms with Crippen LogP contribution in [0.3, 0.4) is 0 Å². The number of hydrogen-bond acceptors (Lipinski definition) is 5. The van der Waals surface area contributed by atoms with E-state index in [2.05, 4.69) is 10.1 Å². The van der Waals surface area contributed by atoms with Gasteiger partial charge >= 0.3 is 5.97 Å². The van der Waals surface area contributed by atoms with E-state index in [1.165, 1.54) is 0 Å². The third-order valence-corrected chi connectivity index (χ3v) is 3.47. The zero-order valence-electron chi connectivity index (χ0n) is 11.5. The van der Waals surface area contributed by atoms with Crippen LogP contribution in [0.1, 0.15) is 37.4 Å². The van der Waals surface area contributed by atoms with Gasteiger partial charge in [-0.3, -0.25) is 9.59 Å². The van der Waals surface area contributed by atoms with E-state index in [1.54, 1.807) is 11.8 Å². The molecule has 7 nitrogen and oxygen atoms in total. The molecule has 1 atom stereocenters. The zero-order chi connectivity index (χ0) is 14.5. The van der Waals surface area contributed by atoms with E-state index >= 15 is 0 Å². The van der Waals surface area contributed by atoms with Gasteiger partial charge in [0.25, 0.3) is 0 Å². The minimum Gasteiger partial charge on any atom is -0.481 e. The van der Waals surface area contributed by atoms with Crippen molar-refractivity contribution in [1.82, 2.24) is 15.0 Å². The van der Waals surface area contributed by atoms with Crippen molar-refractivity contribution >= 4 is 11.9 Å². The topological polar surface area (TPSA) is 96.5 Å². The van der Waals surface area contributed by atoms with Gasteiger partial charge in [0.05, 0.1) is 5.92 Å². The van der Waals surface area contributed by atoms with Gasteiger partial charge in [-0.2, -0.15) is 4.98 Å². The second-order valence-corrected chi connectivity index (χ2v) is 5.11. The molecule has 110 valence electrons. The maximum atomic E-state index is 12.0. The molecule has 0 aromatic carbocycles. The predicted octanol–water partition coefficient (Wildman–Crippen LogP) is 1.02. The van der Waals surface area contributed by atoms with Gasteiger partial charge < -0.3 is 14.5 Å². The first-order valence-electron chi connectivity index (χ1n) is 6.86. The Morgan fingerprint density at radius 3 is 2.95 bits per heavy atom. The molecular weight excluding hydrogens is 262 g/mol. The highest BCUT2D eigenvalue weighted by Crippen LogP contribution is 2.18. The van der Waals surface area contributed by atoms with Crippen LogP contribution in [0.15, 0.2) is 4.52 Å². The monoisotopic (exact) mass is 281 g/mol. The van der Waals surface area contributed by atoms with E-state index in [-0.39, 0.29) is 5.91 Å². The normalized spacial score (nSPS) is 19.1. The fourth-order valence-corrected chi connectivity index (χ4v) is 2.40. The number of carbonyl (C=O) groups excluding carboxylic acids is 1. The Hall–Kier alpha value is -1.92. The van der Waals surface area contributed by atoms with Crippen LogP contribution in [0, 0.1) is 12.8 Å². The number of piperidine rings is 1. The Labute approximate surface area is 117 Å². The van der Waals surface area contributed by atoms with Crippen molar-refractivity contribution in [2.75, 3.05) is 13.1 Å². The average molecular weight is 281 g/mol. The van der Waals surface area contributed by atoms with Gasteiger partial charge in [0.15, 0.2) is 5.82 Å². The van der Waals surface area contributed by atoms with Gasteiger partial charge in [-0.05, 0) is 26.2 Å². The molecule has 0 spiro atoms. The van der Waals surface area contributed by atoms with E-state index in [9.17, 15) is 9.59 Å². The molecule has 1 N–H and O–H groups in total. The van der Waals surface area contributed by atoms with Crippen molar-refractivity contribution < 1.29 is 19.2 Å². The summed E-state index contributed by atoms with van der Waals surface area (Å²) in [5.74, 6) is -0.105. The van der Waals surface area contributed by atoms with Crippen LogP contribution in [0.2, 0.25) is 0 Å². The Kier molecular flexibility index (Phi) is 4.70. The first-order chi connectivity index (χ1) is 9.56. The number of likely N-dealkylation sites (tertiary alicyclic amines) is 1. The highest BCUT2D eigenvalue weighted by Gasteiger charge is 2.27. The molecule has 1 aromatic rings. The van der Waals surface area contributed by atoms with Crippen LogP contribution in [0.5, 0.6) is 0 Å². The molecule has 1 unspecified atom stereocenters. The predicted molar refractivity (Wildman–Crippen MR) is 68.9 cm³/mol. The summed E-state index contributed by atoms with van der Waals surface area (Å²) in [5.41, 5.74) is 0. The molecule has 1 fully saturated rings. The Morgan fingerprint density at radius 1 is 1.50 bits per heavy atom. The summed E-state index contributed by atoms with van der Waals surface area (Å²) in [6.45, 7) is 2.73. The molecule has 1 saturated heterocycles. The third-order valence-electron chi connectivity index (χ3n) is 3.47. The SMILES string of the molecule is Cc1noc(CCCC(=O)N2CCCC(C(=O)O)C2)n1. The Bertz CT molecular complexity index is 486. The molecule has 1 amide bonds. The maximum absolute atomic E-state index is 12.0. The molecule has 20 heavy (non-hydrogen) atoms. The second-order valence-electron chi connectivity index (χ2n) is 5.11. The summed E-state index contributed by atoms with van der Waals surface area (Å²) in [4.78, 5) is 28.7. The van der Waals surface area contributed by atoms with E-state index < -0.39 is 11.9 Å². The lowest BCUT2D eigenvalue weighted by atomic mass is 9.98. The van der Waals surface area contributed by atoms with Crippen LogP contribution in [-0.2, 0) is 16.0 Å². The number of aromatic nitrogens is 2. The van der Waals surface area contributed by atoms with Gasteiger partial charge in [0.2, 0.25) is 11.8 Å². The largest absolute Gasteiger partial charge is 0.481 e. The smallest absolute Gasteiger partial charge is 0.308 e. The lowest BCUT2D eigenvalue weighted by Gasteiger charge is -2.30. The van der Waals surface area contributed by atoms with Crippen molar-refractivity contribution in [1.29, 1.82) is 0 Å². The average Bonchev–Trinajstić information content (AvgIpc) is 2.84. The summed E-state index contributed by atoms with van der Waals surface area (Å²) >= 11 is 0. The molecule has 0 saturated carbocycles. The van der Waals surface area contributed by atoms with Gasteiger partial charge in [0, 0.05) is 25.9 Å². The van der Waals surface area contributed by atoms with E-state index in [1.807, 2.05) is 0 Å². The molecule has 1 aliphatic heterocycles. The first kappa shape index (κ1) is 14.5. The summed E-state index contributed by atoms with van der Waals surface area (Å²) in [5, 5.41) is 12.7. The second kappa shape index (κ2) is 6.49. The molecule has 7 heteroatoms. The van der Waals surface area contributed by atoms with Gasteiger partial charge in [-0.25, -0.2) is 0 Å². The van der Waals surface area contributed by atoms with Gasteiger partial charge in [-0.1, -0.05) is 5.16 Å². The van der Waals surface area contributed by atoms with E-state index in [0.29, 0.717) is 50.5 Å². The minimum absolute atomic E-state index is 0.00665. The molecular formula is C13H19N3O4. The van der Waals surface area contributed by atoms with Crippen LogP contribution >= 0.6 is 0 Å². The summed E-state index contributed by atoms with van der Waals surface area (Å²) < 4.78 is 4.98. The maximum Gasteiger partial charge on any atom is 0.308 e. The third kappa shape index (κ3) is 3.79. The van der Waals surface area contributed by atoms with Gasteiger partial charge in [0.1, 0.15) is 0 Å². The number of carbonyl (C=O) groups is 2. The van der Waals surface area contributed by atoms with Crippen molar-refractivity contribution in [3.05, 3.63) is 11.7 Å². The van der Waals surface area contributed by atoms with Crippen LogP contribution in [0.4, 0.5) is 0 Å². The van der Waals surface area contributed by atoms with Crippen molar-refractivity contribution in [2.24, 2.45) is 5.92 Å². The number of carboxylic acids is 1. The first-order valence-corrected chi connectivity index (χ1v) is 6.86. The lowest BCUT2D eigenvalue weighted by molar-refractivity contribution is -0.145. The Morgan fingerprint density at radius 2 is 2.30 bits per heavy atom. The fourth-order valence-electron chi connectivity index (χ4n) is 2.40. The number of nitrogens with zero attached hydrogens (tertiary/aromatic N) is 3. The fraction of sp³-hybridized carbons (Fsp3) is 0.692. The molecule has 0 bridgehead atoms. The number of aryl methyl sites for hydroxylation is 2. The molecule has 2 heterocycles. The number of amides is 1. The zero-order valence-corrected chi connectivity index (χ0v) is 11.5. The Balaban J connectivity index is 1.75. The highest BCUT2D eigenvalue weighted by molar-refractivity contribution is 5.78. The summed E-state index contributed by atoms with van der Waals surface area (Å²) in [7, 11) is 0. The number of aliphatic carboxylic acids is 1. The van der Waals surface area contributed by atoms with E-state index in [0.717, 1.165) is 6.42 Å². The molecule has 0 radical (unpaired) electrons. The number of rotatable bonds is 5. The van der Waals surface area contributed by atoms with Crippen LogP contribution in [-0.4, -0.2) is 45.1 Å². The molecule has 1 aliphatic rings. The van der Waals surface area contributed by atoms with Gasteiger partial charge in [-0.15, -0.1) is 0 Å². The molecule has 0 aliphatic carbocycles. The molecule has 1 aromatic heterocycles. The molecule has 2 rings (SSSR count). The van der Waals surface area contributed by atoms with Crippen molar-refractivity contribution in [3.63, 3.8) is 0 Å². The van der Waals surface area contributed by atoms with Crippen LogP contribution in [0.25, 0.3) is 0 Å². The number of carboxylic acid groups (broad SMARTS) is 1. The summed E-state index contributed by atoms with van der Waals surface area (Å²) in [6, 6.07) is 0. The summed E-state index contributed by atoms with van der Waals surface area (Å²) in [6.07, 6.45) is 3.00. The van der Waals surface area contributed by atoms with Crippen molar-refractivity contribution in [2.45, 2.75) is 39.0 Å². The standard InChI is InChI=1S/C13H19N3O4/c1-9-14-11(20-15-9)5-2-6-12(17)16-7-3-4-10(8-16)13(18)19/h10H,2-8H2,1H3,(H,18,19).